The first-order valence-electron chi connectivity index (χ1n) is 9.84. The second kappa shape index (κ2) is 6.92. The van der Waals surface area contributed by atoms with E-state index in [4.69, 9.17) is 9.26 Å². The molecule has 0 bridgehead atoms. The summed E-state index contributed by atoms with van der Waals surface area (Å²) in [6.45, 7) is 1.91. The molecular weight excluding hydrogens is 364 g/mol. The van der Waals surface area contributed by atoms with Gasteiger partial charge in [-0.05, 0) is 30.9 Å². The largest absolute Gasteiger partial charge is 0.496 e. The zero-order valence-corrected chi connectivity index (χ0v) is 16.4. The average molecular weight is 386 g/mol. The number of rotatable bonds is 3. The summed E-state index contributed by atoms with van der Waals surface area (Å²) in [4.78, 5) is 13.4. The fraction of sp³-hybridized carbons (Fsp3) is 0.250. The van der Waals surface area contributed by atoms with Gasteiger partial charge in [0.15, 0.2) is 5.78 Å². The first kappa shape index (κ1) is 17.7. The summed E-state index contributed by atoms with van der Waals surface area (Å²) in [5, 5.41) is 7.55. The second-order valence-electron chi connectivity index (χ2n) is 7.64. The molecule has 1 N–H and O–H groups in total. The molecule has 5 nitrogen and oxygen atoms in total. The van der Waals surface area contributed by atoms with Gasteiger partial charge in [0.2, 0.25) is 5.88 Å². The monoisotopic (exact) mass is 386 g/mol. The maximum Gasteiger partial charge on any atom is 0.233 e. The fourth-order valence-corrected chi connectivity index (χ4v) is 4.65. The van der Waals surface area contributed by atoms with Crippen LogP contribution in [0.2, 0.25) is 0 Å². The van der Waals surface area contributed by atoms with Crippen LogP contribution in [0, 0.1) is 6.92 Å². The van der Waals surface area contributed by atoms with Gasteiger partial charge in [0.25, 0.3) is 0 Å². The summed E-state index contributed by atoms with van der Waals surface area (Å²) in [6, 6.07) is 18.1. The van der Waals surface area contributed by atoms with E-state index in [0.717, 1.165) is 40.3 Å². The maximum atomic E-state index is 13.4. The van der Waals surface area contributed by atoms with Crippen LogP contribution in [0.4, 0.5) is 5.88 Å². The van der Waals surface area contributed by atoms with Gasteiger partial charge >= 0.3 is 0 Å². The molecule has 1 aromatic heterocycles. The molecule has 0 unspecified atom stereocenters. The maximum absolute atomic E-state index is 13.4. The number of hydrogen-bond donors (Lipinski definition) is 1. The Morgan fingerprint density at radius 1 is 1.07 bits per heavy atom. The predicted molar refractivity (Wildman–Crippen MR) is 110 cm³/mol. The van der Waals surface area contributed by atoms with Crippen LogP contribution in [0.3, 0.4) is 0 Å². The number of para-hydroxylation sites is 1. The van der Waals surface area contributed by atoms with Gasteiger partial charge in [-0.15, -0.1) is 0 Å². The number of carbonyl (C=O) groups excluding carboxylic acids is 1. The number of nitrogens with zero attached hydrogens (tertiary/aromatic N) is 1. The summed E-state index contributed by atoms with van der Waals surface area (Å²) in [5.41, 5.74) is 5.58. The number of nitrogens with one attached hydrogen (secondary N) is 1. The van der Waals surface area contributed by atoms with Crippen molar-refractivity contribution in [3.05, 3.63) is 88.3 Å². The van der Waals surface area contributed by atoms with Crippen LogP contribution in [0.5, 0.6) is 5.75 Å². The molecule has 29 heavy (non-hydrogen) atoms. The molecule has 146 valence electrons. The molecule has 0 amide bonds. The Morgan fingerprint density at radius 3 is 2.62 bits per heavy atom. The number of benzene rings is 2. The number of hydrogen-bond acceptors (Lipinski definition) is 5. The topological polar surface area (TPSA) is 64.4 Å². The van der Waals surface area contributed by atoms with E-state index in [1.807, 2.05) is 49.4 Å². The molecule has 0 radical (unpaired) electrons. The lowest BCUT2D eigenvalue weighted by Gasteiger charge is -2.34. The standard InChI is InChI=1S/C24H22N2O3/c1-14-21-22(17-10-6-7-11-20(17)28-2)23-18(25-24(21)29-26-14)12-16(13-19(23)27)15-8-4-3-5-9-15/h3-11,16,22,25H,12-13H2,1-2H3/t16-,22+/m0/s1. The molecule has 5 heteroatoms. The lowest BCUT2D eigenvalue weighted by molar-refractivity contribution is -0.116. The minimum atomic E-state index is -0.243. The molecule has 0 saturated heterocycles. The number of ether oxygens (including phenoxy) is 1. The van der Waals surface area contributed by atoms with E-state index < -0.39 is 0 Å². The number of carbonyl (C=O) groups is 1. The Bertz CT molecular complexity index is 1110. The Balaban J connectivity index is 1.66. The summed E-state index contributed by atoms with van der Waals surface area (Å²) in [6.07, 6.45) is 1.26. The number of allylic oxidation sites excluding steroid dienone is 2. The molecule has 0 spiro atoms. The van der Waals surface area contributed by atoms with Crippen molar-refractivity contribution in [2.45, 2.75) is 31.6 Å². The average Bonchev–Trinajstić information content (AvgIpc) is 3.13. The number of ketones is 1. The Kier molecular flexibility index (Phi) is 4.23. The molecule has 1 aliphatic heterocycles. The molecular formula is C24H22N2O3. The van der Waals surface area contributed by atoms with Crippen molar-refractivity contribution >= 4 is 11.7 Å². The SMILES string of the molecule is COc1ccccc1[C@H]1C2=C(C[C@H](c3ccccc3)CC2=O)Nc2onc(C)c21. The number of anilines is 1. The van der Waals surface area contributed by atoms with Crippen LogP contribution in [-0.4, -0.2) is 18.0 Å². The van der Waals surface area contributed by atoms with Crippen molar-refractivity contribution in [3.8, 4) is 5.75 Å². The van der Waals surface area contributed by atoms with Crippen molar-refractivity contribution < 1.29 is 14.1 Å². The van der Waals surface area contributed by atoms with Gasteiger partial charge in [0.1, 0.15) is 5.75 Å². The van der Waals surface area contributed by atoms with Gasteiger partial charge in [0.05, 0.1) is 24.3 Å². The molecule has 1 aliphatic carbocycles. The quantitative estimate of drug-likeness (QED) is 0.690. The van der Waals surface area contributed by atoms with Crippen molar-refractivity contribution in [1.82, 2.24) is 5.16 Å². The Labute approximate surface area is 169 Å². The van der Waals surface area contributed by atoms with Gasteiger partial charge in [-0.1, -0.05) is 53.7 Å². The third kappa shape index (κ3) is 2.85. The number of aromatic nitrogens is 1. The smallest absolute Gasteiger partial charge is 0.233 e. The summed E-state index contributed by atoms with van der Waals surface area (Å²) >= 11 is 0. The molecule has 2 atom stereocenters. The van der Waals surface area contributed by atoms with Gasteiger partial charge in [0, 0.05) is 23.3 Å². The van der Waals surface area contributed by atoms with Crippen molar-refractivity contribution in [1.29, 1.82) is 0 Å². The molecule has 5 rings (SSSR count). The Morgan fingerprint density at radius 2 is 1.83 bits per heavy atom. The fourth-order valence-electron chi connectivity index (χ4n) is 4.65. The van der Waals surface area contributed by atoms with Gasteiger partial charge < -0.3 is 14.6 Å². The normalized spacial score (nSPS) is 20.7. The molecule has 2 heterocycles. The van der Waals surface area contributed by atoms with E-state index in [9.17, 15) is 4.79 Å². The zero-order chi connectivity index (χ0) is 20.0. The molecule has 0 saturated carbocycles. The highest BCUT2D eigenvalue weighted by Gasteiger charge is 2.41. The van der Waals surface area contributed by atoms with E-state index >= 15 is 0 Å². The van der Waals surface area contributed by atoms with Crippen LogP contribution in [-0.2, 0) is 4.79 Å². The van der Waals surface area contributed by atoms with E-state index in [1.54, 1.807) is 7.11 Å². The van der Waals surface area contributed by atoms with E-state index in [1.165, 1.54) is 5.56 Å². The van der Waals surface area contributed by atoms with E-state index in [0.29, 0.717) is 12.3 Å². The first-order valence-corrected chi connectivity index (χ1v) is 9.84. The van der Waals surface area contributed by atoms with E-state index in [2.05, 4.69) is 22.6 Å². The number of aryl methyl sites for hydroxylation is 1. The van der Waals surface area contributed by atoms with Gasteiger partial charge in [-0.3, -0.25) is 4.79 Å². The van der Waals surface area contributed by atoms with Gasteiger partial charge in [-0.25, -0.2) is 0 Å². The minimum absolute atomic E-state index is 0.152. The summed E-state index contributed by atoms with van der Waals surface area (Å²) in [5.74, 6) is 1.45. The first-order chi connectivity index (χ1) is 14.2. The minimum Gasteiger partial charge on any atom is -0.496 e. The van der Waals surface area contributed by atoms with Crippen molar-refractivity contribution in [2.75, 3.05) is 12.4 Å². The van der Waals surface area contributed by atoms with Crippen LogP contribution in [0.25, 0.3) is 0 Å². The highest BCUT2D eigenvalue weighted by molar-refractivity contribution is 6.01. The number of methoxy groups -OCH3 is 1. The van der Waals surface area contributed by atoms with Crippen LogP contribution >= 0.6 is 0 Å². The van der Waals surface area contributed by atoms with Crippen LogP contribution in [0.15, 0.2) is 70.4 Å². The van der Waals surface area contributed by atoms with Crippen LogP contribution in [0.1, 0.15) is 47.1 Å². The van der Waals surface area contributed by atoms with Gasteiger partial charge in [-0.2, -0.15) is 0 Å². The third-order valence-electron chi connectivity index (χ3n) is 5.98. The Hall–Kier alpha value is -3.34. The van der Waals surface area contributed by atoms with Crippen LogP contribution < -0.4 is 10.1 Å². The molecule has 0 fully saturated rings. The second-order valence-corrected chi connectivity index (χ2v) is 7.64. The lowest BCUT2D eigenvalue weighted by Crippen LogP contribution is -2.29. The summed E-state index contributed by atoms with van der Waals surface area (Å²) < 4.78 is 11.2. The highest BCUT2D eigenvalue weighted by Crippen LogP contribution is 2.50. The zero-order valence-electron chi connectivity index (χ0n) is 16.4. The predicted octanol–water partition coefficient (Wildman–Crippen LogP) is 4.95. The van der Waals surface area contributed by atoms with Crippen molar-refractivity contribution in [2.24, 2.45) is 0 Å². The lowest BCUT2D eigenvalue weighted by atomic mass is 9.72. The summed E-state index contributed by atoms with van der Waals surface area (Å²) in [7, 11) is 1.66. The van der Waals surface area contributed by atoms with E-state index in [-0.39, 0.29) is 17.6 Å². The highest BCUT2D eigenvalue weighted by atomic mass is 16.5. The molecule has 2 aromatic carbocycles. The molecule has 2 aliphatic rings. The third-order valence-corrected chi connectivity index (χ3v) is 5.98. The number of fused-ring (bicyclic) bond motifs is 1. The molecule has 3 aromatic rings. The van der Waals surface area contributed by atoms with Crippen molar-refractivity contribution in [3.63, 3.8) is 0 Å². The number of Topliss-reactive ketones (excluding diaryl/α,β-unsaturated/α-hetero) is 1.